The number of pyridine rings is 1. The smallest absolute Gasteiger partial charge is 0.159 e. The first-order chi connectivity index (χ1) is 19.7. The molecule has 0 atom stereocenters. The Morgan fingerprint density at radius 3 is 2.40 bits per heavy atom. The van der Waals surface area contributed by atoms with Gasteiger partial charge in [-0.25, -0.2) is 9.37 Å². The molecule has 0 saturated carbocycles. The van der Waals surface area contributed by atoms with Crippen LogP contribution in [-0.4, -0.2) is 25.1 Å². The third-order valence-corrected chi connectivity index (χ3v) is 7.11. The normalized spacial score (nSPS) is 11.4. The summed E-state index contributed by atoms with van der Waals surface area (Å²) in [6, 6.07) is 31.9. The molecule has 7 heteroatoms. The van der Waals surface area contributed by atoms with E-state index in [4.69, 9.17) is 4.98 Å². The largest absolute Gasteiger partial charge is 0.335 e. The van der Waals surface area contributed by atoms with Gasteiger partial charge in [-0.1, -0.05) is 72.8 Å². The molecule has 0 aliphatic carbocycles. The lowest BCUT2D eigenvalue weighted by Gasteiger charge is -2.08. The van der Waals surface area contributed by atoms with Gasteiger partial charge >= 0.3 is 0 Å². The van der Waals surface area contributed by atoms with Crippen LogP contribution in [0.4, 0.5) is 4.39 Å². The van der Waals surface area contributed by atoms with E-state index >= 15 is 0 Å². The third-order valence-electron chi connectivity index (χ3n) is 7.11. The number of fused-ring (bicyclic) bond motifs is 2. The molecule has 0 bridgehead atoms. The molecular formula is C33H25FN6. The molecule has 3 aromatic heterocycles. The molecule has 6 nitrogen and oxygen atoms in total. The number of aromatic amines is 2. The van der Waals surface area contributed by atoms with Gasteiger partial charge in [0.15, 0.2) is 5.82 Å². The predicted molar refractivity (Wildman–Crippen MR) is 157 cm³/mol. The number of rotatable bonds is 7. The van der Waals surface area contributed by atoms with Gasteiger partial charge in [0.05, 0.1) is 17.2 Å². The van der Waals surface area contributed by atoms with Crippen molar-refractivity contribution in [2.45, 2.75) is 13.1 Å². The summed E-state index contributed by atoms with van der Waals surface area (Å²) < 4.78 is 14.6. The summed E-state index contributed by atoms with van der Waals surface area (Å²) in [4.78, 5) is 12.5. The molecule has 0 spiro atoms. The molecule has 0 aliphatic heterocycles. The summed E-state index contributed by atoms with van der Waals surface area (Å²) in [6.07, 6.45) is 3.35. The summed E-state index contributed by atoms with van der Waals surface area (Å²) in [5.41, 5.74) is 8.78. The van der Waals surface area contributed by atoms with Crippen molar-refractivity contribution < 1.29 is 4.39 Å². The zero-order valence-electron chi connectivity index (χ0n) is 21.5. The summed E-state index contributed by atoms with van der Waals surface area (Å²) >= 11 is 0. The van der Waals surface area contributed by atoms with Crippen molar-refractivity contribution in [3.8, 4) is 33.8 Å². The number of imidazole rings is 1. The van der Waals surface area contributed by atoms with Crippen LogP contribution in [0.5, 0.6) is 0 Å². The number of benzene rings is 4. The monoisotopic (exact) mass is 524 g/mol. The van der Waals surface area contributed by atoms with E-state index in [-0.39, 0.29) is 5.82 Å². The standard InChI is InChI=1S/C33H25FN6/c34-28-12-5-4-11-25(28)27-19-36-20-30-31(27)38-33(37-30)32-26-16-24(13-14-29(26)39-40-32)23-10-6-9-22(15-23)18-35-17-21-7-2-1-3-8-21/h1-16,19-20,35H,17-18H2,(H,37,38)(H,39,40). The average molecular weight is 525 g/mol. The summed E-state index contributed by atoms with van der Waals surface area (Å²) in [5, 5.41) is 12.2. The topological polar surface area (TPSA) is 82.3 Å². The van der Waals surface area contributed by atoms with E-state index < -0.39 is 0 Å². The van der Waals surface area contributed by atoms with Crippen molar-refractivity contribution in [2.75, 3.05) is 0 Å². The first-order valence-corrected chi connectivity index (χ1v) is 13.1. The van der Waals surface area contributed by atoms with Gasteiger partial charge in [-0.05, 0) is 46.5 Å². The highest BCUT2D eigenvalue weighted by Gasteiger charge is 2.17. The number of nitrogens with zero attached hydrogens (tertiary/aromatic N) is 3. The molecular weight excluding hydrogens is 499 g/mol. The first-order valence-electron chi connectivity index (χ1n) is 13.1. The van der Waals surface area contributed by atoms with Gasteiger partial charge < -0.3 is 10.3 Å². The van der Waals surface area contributed by atoms with Gasteiger partial charge in [0.25, 0.3) is 0 Å². The zero-order valence-corrected chi connectivity index (χ0v) is 21.5. The molecule has 3 heterocycles. The molecule has 7 aromatic rings. The Balaban J connectivity index is 1.21. The van der Waals surface area contributed by atoms with Crippen LogP contribution < -0.4 is 5.32 Å². The van der Waals surface area contributed by atoms with E-state index in [1.54, 1.807) is 24.5 Å². The van der Waals surface area contributed by atoms with Gasteiger partial charge in [-0.15, -0.1) is 0 Å². The second-order valence-corrected chi connectivity index (χ2v) is 9.77. The van der Waals surface area contributed by atoms with Crippen molar-refractivity contribution in [3.05, 3.63) is 126 Å². The molecule has 0 aliphatic rings. The van der Waals surface area contributed by atoms with Gasteiger partial charge in [-0.2, -0.15) is 5.10 Å². The molecule has 0 amide bonds. The minimum absolute atomic E-state index is 0.311. The van der Waals surface area contributed by atoms with E-state index in [2.05, 4.69) is 86.1 Å². The Hall–Kier alpha value is -5.14. The highest BCUT2D eigenvalue weighted by Crippen LogP contribution is 2.33. The Morgan fingerprint density at radius 2 is 1.50 bits per heavy atom. The minimum atomic E-state index is -0.311. The van der Waals surface area contributed by atoms with Gasteiger partial charge in [-0.3, -0.25) is 10.1 Å². The Morgan fingerprint density at radius 1 is 0.700 bits per heavy atom. The van der Waals surface area contributed by atoms with E-state index in [1.807, 2.05) is 18.2 Å². The van der Waals surface area contributed by atoms with Crippen molar-refractivity contribution in [1.29, 1.82) is 0 Å². The van der Waals surface area contributed by atoms with Crippen LogP contribution >= 0.6 is 0 Å². The fraction of sp³-hybridized carbons (Fsp3) is 0.0606. The van der Waals surface area contributed by atoms with E-state index in [0.29, 0.717) is 28.2 Å². The Kier molecular flexibility index (Phi) is 6.11. The van der Waals surface area contributed by atoms with Gasteiger partial charge in [0.1, 0.15) is 17.0 Å². The van der Waals surface area contributed by atoms with Crippen molar-refractivity contribution in [1.82, 2.24) is 30.5 Å². The summed E-state index contributed by atoms with van der Waals surface area (Å²) in [5.74, 6) is 0.288. The second kappa shape index (κ2) is 10.2. The fourth-order valence-corrected chi connectivity index (χ4v) is 5.10. The lowest BCUT2D eigenvalue weighted by atomic mass is 10.0. The first kappa shape index (κ1) is 23.9. The summed E-state index contributed by atoms with van der Waals surface area (Å²) in [6.45, 7) is 1.60. The molecule has 4 aromatic carbocycles. The number of hydrogen-bond donors (Lipinski definition) is 3. The molecule has 0 saturated heterocycles. The number of halogens is 1. The highest BCUT2D eigenvalue weighted by atomic mass is 19.1. The van der Waals surface area contributed by atoms with E-state index in [0.717, 1.165) is 40.6 Å². The van der Waals surface area contributed by atoms with Crippen LogP contribution in [0.15, 0.2) is 109 Å². The molecule has 40 heavy (non-hydrogen) atoms. The quantitative estimate of drug-likeness (QED) is 0.205. The lowest BCUT2D eigenvalue weighted by Crippen LogP contribution is -2.12. The number of nitrogens with one attached hydrogen (secondary N) is 3. The SMILES string of the molecule is Fc1ccccc1-c1cncc2[nH]c(-c3n[nH]c4ccc(-c5cccc(CNCc6ccccc6)c5)cc34)nc12. The van der Waals surface area contributed by atoms with E-state index in [9.17, 15) is 4.39 Å². The maximum Gasteiger partial charge on any atom is 0.159 e. The lowest BCUT2D eigenvalue weighted by molar-refractivity contribution is 0.631. The zero-order chi connectivity index (χ0) is 26.9. The average Bonchev–Trinajstić information content (AvgIpc) is 3.62. The molecule has 194 valence electrons. The van der Waals surface area contributed by atoms with Gasteiger partial charge in [0.2, 0.25) is 0 Å². The Bertz CT molecular complexity index is 1960. The second-order valence-electron chi connectivity index (χ2n) is 9.77. The molecule has 7 rings (SSSR count). The predicted octanol–water partition coefficient (Wildman–Crippen LogP) is 7.26. The van der Waals surface area contributed by atoms with Crippen molar-refractivity contribution in [2.24, 2.45) is 0 Å². The third kappa shape index (κ3) is 4.52. The molecule has 3 N–H and O–H groups in total. The molecule has 0 fully saturated rings. The molecule has 0 unspecified atom stereocenters. The van der Waals surface area contributed by atoms with Crippen LogP contribution in [0.25, 0.3) is 55.7 Å². The van der Waals surface area contributed by atoms with Gasteiger partial charge in [0, 0.05) is 35.8 Å². The number of hydrogen-bond acceptors (Lipinski definition) is 4. The maximum atomic E-state index is 14.6. The van der Waals surface area contributed by atoms with Crippen LogP contribution in [0, 0.1) is 5.82 Å². The van der Waals surface area contributed by atoms with Crippen LogP contribution in [-0.2, 0) is 13.1 Å². The van der Waals surface area contributed by atoms with Crippen LogP contribution in [0.1, 0.15) is 11.1 Å². The summed E-state index contributed by atoms with van der Waals surface area (Å²) in [7, 11) is 0. The number of H-pyrrole nitrogens is 2. The maximum absolute atomic E-state index is 14.6. The van der Waals surface area contributed by atoms with E-state index in [1.165, 1.54) is 17.2 Å². The molecule has 0 radical (unpaired) electrons. The number of aromatic nitrogens is 5. The minimum Gasteiger partial charge on any atom is -0.335 e. The van der Waals surface area contributed by atoms with Crippen molar-refractivity contribution in [3.63, 3.8) is 0 Å². The van der Waals surface area contributed by atoms with Crippen molar-refractivity contribution >= 4 is 21.9 Å². The Labute approximate surface area is 230 Å². The van der Waals surface area contributed by atoms with Crippen LogP contribution in [0.2, 0.25) is 0 Å². The highest BCUT2D eigenvalue weighted by molar-refractivity contribution is 5.98. The van der Waals surface area contributed by atoms with Crippen LogP contribution in [0.3, 0.4) is 0 Å². The fourth-order valence-electron chi connectivity index (χ4n) is 5.10.